The van der Waals surface area contributed by atoms with Gasteiger partial charge in [-0.25, -0.2) is 9.18 Å². The number of halogens is 5. The molecular formula is C25H22ClF4NO5. The van der Waals surface area contributed by atoms with Gasteiger partial charge in [-0.3, -0.25) is 4.79 Å². The van der Waals surface area contributed by atoms with E-state index in [0.29, 0.717) is 0 Å². The van der Waals surface area contributed by atoms with E-state index in [1.807, 2.05) is 0 Å². The number of aliphatic hydroxyl groups is 1. The highest BCUT2D eigenvalue weighted by molar-refractivity contribution is 6.31. The second kappa shape index (κ2) is 10.3. The van der Waals surface area contributed by atoms with Crippen molar-refractivity contribution in [2.75, 3.05) is 6.61 Å². The second-order valence-electron chi connectivity index (χ2n) is 8.00. The molecule has 0 bridgehead atoms. The average Bonchev–Trinajstić information content (AvgIpc) is 2.81. The van der Waals surface area contributed by atoms with E-state index in [-0.39, 0.29) is 34.3 Å². The van der Waals surface area contributed by atoms with Gasteiger partial charge in [-0.2, -0.15) is 13.2 Å². The lowest BCUT2D eigenvalue weighted by Gasteiger charge is -2.37. The fourth-order valence-electron chi connectivity index (χ4n) is 3.69. The van der Waals surface area contributed by atoms with Gasteiger partial charge in [0.2, 0.25) is 5.56 Å². The molecule has 36 heavy (non-hydrogen) atoms. The van der Waals surface area contributed by atoms with Crippen molar-refractivity contribution in [1.29, 1.82) is 0 Å². The van der Waals surface area contributed by atoms with Crippen molar-refractivity contribution < 1.29 is 36.9 Å². The van der Waals surface area contributed by atoms with Crippen LogP contribution >= 0.6 is 11.6 Å². The van der Waals surface area contributed by atoms with Crippen LogP contribution in [0, 0.1) is 5.82 Å². The monoisotopic (exact) mass is 527 g/mol. The number of aromatic nitrogens is 1. The molecule has 3 aromatic rings. The third-order valence-corrected chi connectivity index (χ3v) is 6.03. The molecule has 0 aliphatic carbocycles. The van der Waals surface area contributed by atoms with Crippen molar-refractivity contribution in [3.05, 3.63) is 92.6 Å². The Bertz CT molecular complexity index is 1340. The molecule has 0 aliphatic heterocycles. The minimum atomic E-state index is -5.14. The van der Waals surface area contributed by atoms with Gasteiger partial charge in [0.15, 0.2) is 5.60 Å². The van der Waals surface area contributed by atoms with Gasteiger partial charge < -0.3 is 19.1 Å². The molecule has 1 N–H and O–H groups in total. The Kier molecular flexibility index (Phi) is 7.80. The zero-order valence-electron chi connectivity index (χ0n) is 19.4. The van der Waals surface area contributed by atoms with Crippen molar-refractivity contribution in [3.63, 3.8) is 0 Å². The predicted octanol–water partition coefficient (Wildman–Crippen LogP) is 5.70. The number of benzene rings is 2. The van der Waals surface area contributed by atoms with Gasteiger partial charge in [0.05, 0.1) is 12.2 Å². The normalized spacial score (nSPS) is 14.1. The van der Waals surface area contributed by atoms with Gasteiger partial charge in [0, 0.05) is 35.8 Å². The number of aryl methyl sites for hydroxylation is 1. The summed E-state index contributed by atoms with van der Waals surface area (Å²) in [5, 5.41) is 10.9. The Labute approximate surface area is 208 Å². The van der Waals surface area contributed by atoms with Crippen LogP contribution in [0.3, 0.4) is 0 Å². The summed E-state index contributed by atoms with van der Waals surface area (Å²) in [5.74, 6) is -3.34. The second-order valence-corrected chi connectivity index (χ2v) is 8.41. The third kappa shape index (κ3) is 5.24. The molecule has 0 aliphatic rings. The lowest BCUT2D eigenvalue weighted by atomic mass is 9.78. The first-order chi connectivity index (χ1) is 16.8. The molecular weight excluding hydrogens is 506 g/mol. The van der Waals surface area contributed by atoms with E-state index in [4.69, 9.17) is 21.1 Å². The van der Waals surface area contributed by atoms with Gasteiger partial charge in [0.25, 0.3) is 0 Å². The maximum Gasteiger partial charge on any atom is 0.422 e. The van der Waals surface area contributed by atoms with Crippen LogP contribution in [0.5, 0.6) is 11.5 Å². The molecule has 192 valence electrons. The van der Waals surface area contributed by atoms with E-state index in [2.05, 4.69) is 0 Å². The minimum absolute atomic E-state index is 0.0181. The fourth-order valence-corrected chi connectivity index (χ4v) is 3.97. The van der Waals surface area contributed by atoms with Crippen LogP contribution in [-0.4, -0.2) is 28.4 Å². The summed E-state index contributed by atoms with van der Waals surface area (Å²) in [7, 11) is 1.27. The van der Waals surface area contributed by atoms with Crippen LogP contribution in [-0.2, 0) is 17.4 Å². The maximum atomic E-state index is 14.3. The Morgan fingerprint density at radius 1 is 1.11 bits per heavy atom. The first-order valence-electron chi connectivity index (χ1n) is 10.7. The van der Waals surface area contributed by atoms with Crippen LogP contribution in [0.1, 0.15) is 41.3 Å². The summed E-state index contributed by atoms with van der Waals surface area (Å²) in [6, 6.07) is 9.02. The molecule has 0 saturated heterocycles. The number of ether oxygens (including phenoxy) is 2. The average molecular weight is 528 g/mol. The van der Waals surface area contributed by atoms with Crippen LogP contribution in [0.2, 0.25) is 5.02 Å². The van der Waals surface area contributed by atoms with Crippen molar-refractivity contribution in [2.24, 2.45) is 7.05 Å². The van der Waals surface area contributed by atoms with Gasteiger partial charge in [0.1, 0.15) is 17.3 Å². The van der Waals surface area contributed by atoms with Gasteiger partial charge in [-0.1, -0.05) is 18.5 Å². The zero-order valence-corrected chi connectivity index (χ0v) is 20.2. The SMILES string of the molecule is CCOC(=O)c1cc(Oc2ccc(Cl)c(C(C)C(O)(c3ccc(=O)n(C)c3)C(F)(F)F)c2)ccc1F. The Morgan fingerprint density at radius 3 is 2.36 bits per heavy atom. The molecule has 0 fully saturated rings. The van der Waals surface area contributed by atoms with Crippen LogP contribution in [0.25, 0.3) is 0 Å². The first kappa shape index (κ1) is 27.2. The standard InChI is InChI=1S/C25H22ClF4NO5/c1-4-35-23(33)19-12-17(7-9-21(19)27)36-16-6-8-20(26)18(11-16)14(2)24(34,25(28,29)30)15-5-10-22(32)31(3)13-15/h5-14,34H,4H2,1-3H3. The smallest absolute Gasteiger partial charge is 0.422 e. The van der Waals surface area contributed by atoms with Crippen LogP contribution < -0.4 is 10.3 Å². The summed E-state index contributed by atoms with van der Waals surface area (Å²) in [6.45, 7) is 2.73. The summed E-state index contributed by atoms with van der Waals surface area (Å²) in [6.07, 6.45) is -4.23. The molecule has 0 amide bonds. The largest absolute Gasteiger partial charge is 0.462 e. The van der Waals surface area contributed by atoms with E-state index in [1.165, 1.54) is 31.3 Å². The molecule has 1 aromatic heterocycles. The quantitative estimate of drug-likeness (QED) is 0.315. The van der Waals surface area contributed by atoms with E-state index in [1.54, 1.807) is 6.92 Å². The third-order valence-electron chi connectivity index (χ3n) is 5.69. The van der Waals surface area contributed by atoms with Crippen molar-refractivity contribution in [1.82, 2.24) is 4.57 Å². The van der Waals surface area contributed by atoms with Crippen LogP contribution in [0.4, 0.5) is 17.6 Å². The molecule has 1 heterocycles. The summed E-state index contributed by atoms with van der Waals surface area (Å²) >= 11 is 6.22. The number of hydrogen-bond donors (Lipinski definition) is 1. The number of esters is 1. The van der Waals surface area contributed by atoms with Crippen molar-refractivity contribution >= 4 is 17.6 Å². The number of alkyl halides is 3. The van der Waals surface area contributed by atoms with E-state index < -0.39 is 40.6 Å². The van der Waals surface area contributed by atoms with E-state index >= 15 is 0 Å². The number of hydrogen-bond acceptors (Lipinski definition) is 5. The van der Waals surface area contributed by atoms with Crippen molar-refractivity contribution in [3.8, 4) is 11.5 Å². The Morgan fingerprint density at radius 2 is 1.75 bits per heavy atom. The summed E-state index contributed by atoms with van der Waals surface area (Å²) in [4.78, 5) is 23.6. The number of rotatable bonds is 7. The van der Waals surface area contributed by atoms with Crippen molar-refractivity contribution in [2.45, 2.75) is 31.5 Å². The summed E-state index contributed by atoms with van der Waals surface area (Å²) in [5.41, 5.74) is -4.99. The lowest BCUT2D eigenvalue weighted by molar-refractivity contribution is -0.274. The highest BCUT2D eigenvalue weighted by atomic mass is 35.5. The predicted molar refractivity (Wildman–Crippen MR) is 124 cm³/mol. The molecule has 0 radical (unpaired) electrons. The highest BCUT2D eigenvalue weighted by Crippen LogP contribution is 2.50. The molecule has 2 atom stereocenters. The Balaban J connectivity index is 2.03. The number of nitrogens with zero attached hydrogens (tertiary/aromatic N) is 1. The first-order valence-corrected chi connectivity index (χ1v) is 11.1. The van der Waals surface area contributed by atoms with E-state index in [0.717, 1.165) is 42.0 Å². The number of pyridine rings is 1. The molecule has 2 aromatic carbocycles. The van der Waals surface area contributed by atoms with Gasteiger partial charge in [-0.15, -0.1) is 0 Å². The zero-order chi connectivity index (χ0) is 26.8. The maximum absolute atomic E-state index is 14.3. The fraction of sp³-hybridized carbons (Fsp3) is 0.280. The summed E-state index contributed by atoms with van der Waals surface area (Å²) < 4.78 is 68.2. The Hall–Kier alpha value is -3.37. The number of carbonyl (C=O) groups excluding carboxylic acids is 1. The van der Waals surface area contributed by atoms with E-state index in [9.17, 15) is 32.3 Å². The molecule has 0 saturated carbocycles. The van der Waals surface area contributed by atoms with Gasteiger partial charge >= 0.3 is 12.1 Å². The minimum Gasteiger partial charge on any atom is -0.462 e. The lowest BCUT2D eigenvalue weighted by Crippen LogP contribution is -2.47. The molecule has 3 rings (SSSR count). The highest BCUT2D eigenvalue weighted by Gasteiger charge is 2.59. The number of carbonyl (C=O) groups is 1. The molecule has 0 spiro atoms. The van der Waals surface area contributed by atoms with Crippen LogP contribution in [0.15, 0.2) is 59.5 Å². The molecule has 2 unspecified atom stereocenters. The van der Waals surface area contributed by atoms with Gasteiger partial charge in [-0.05, 0) is 55.0 Å². The topological polar surface area (TPSA) is 77.8 Å². The molecule has 6 nitrogen and oxygen atoms in total. The molecule has 11 heteroatoms.